The van der Waals surface area contributed by atoms with Gasteiger partial charge in [0.1, 0.15) is 0 Å². The molecule has 0 aliphatic carbocycles. The largest absolute Gasteiger partial charge is 0.309 e. The van der Waals surface area contributed by atoms with E-state index in [4.69, 9.17) is 0 Å². The van der Waals surface area contributed by atoms with Gasteiger partial charge in [-0.1, -0.05) is 32.0 Å². The monoisotopic (exact) mass is 275 g/mol. The van der Waals surface area contributed by atoms with E-state index < -0.39 is 0 Å². The molecule has 2 rings (SSSR count). The van der Waals surface area contributed by atoms with Crippen molar-refractivity contribution in [3.05, 3.63) is 48.3 Å². The van der Waals surface area contributed by atoms with Crippen LogP contribution in [0.15, 0.2) is 47.5 Å². The molecule has 102 valence electrons. The Kier molecular flexibility index (Phi) is 5.48. The average Bonchev–Trinajstić information content (AvgIpc) is 2.86. The van der Waals surface area contributed by atoms with Crippen molar-refractivity contribution >= 4 is 11.8 Å². The van der Waals surface area contributed by atoms with Gasteiger partial charge in [0.25, 0.3) is 0 Å². The number of rotatable bonds is 7. The summed E-state index contributed by atoms with van der Waals surface area (Å²) < 4.78 is 2.02. The summed E-state index contributed by atoms with van der Waals surface area (Å²) in [5.41, 5.74) is 1.11. The topological polar surface area (TPSA) is 29.9 Å². The standard InChI is InChI=1S/C15H21N3S/c1-13(2)16-12-14-8-9-18(17-14)10-11-19-15-6-4-3-5-7-15/h3-9,13,16H,10-12H2,1-2H3. The second-order valence-corrected chi connectivity index (χ2v) is 5.94. The van der Waals surface area contributed by atoms with Gasteiger partial charge in [-0.2, -0.15) is 5.10 Å². The van der Waals surface area contributed by atoms with Crippen LogP contribution in [0.4, 0.5) is 0 Å². The molecule has 0 radical (unpaired) electrons. The molecule has 0 bridgehead atoms. The fourth-order valence-electron chi connectivity index (χ4n) is 1.70. The van der Waals surface area contributed by atoms with Crippen LogP contribution < -0.4 is 5.32 Å². The SMILES string of the molecule is CC(C)NCc1ccn(CCSc2ccccc2)n1. The molecule has 1 aromatic heterocycles. The zero-order chi connectivity index (χ0) is 13.5. The van der Waals surface area contributed by atoms with Crippen molar-refractivity contribution in [2.45, 2.75) is 37.9 Å². The van der Waals surface area contributed by atoms with Gasteiger partial charge in [-0.25, -0.2) is 0 Å². The van der Waals surface area contributed by atoms with E-state index in [0.717, 1.165) is 24.5 Å². The molecule has 4 heteroatoms. The van der Waals surface area contributed by atoms with Gasteiger partial charge in [-0.3, -0.25) is 4.68 Å². The highest BCUT2D eigenvalue weighted by molar-refractivity contribution is 7.99. The molecule has 1 aromatic carbocycles. The molecular formula is C15H21N3S. The van der Waals surface area contributed by atoms with Gasteiger partial charge in [0.2, 0.25) is 0 Å². The number of hydrogen-bond donors (Lipinski definition) is 1. The minimum atomic E-state index is 0.499. The second-order valence-electron chi connectivity index (χ2n) is 4.77. The van der Waals surface area contributed by atoms with E-state index in [-0.39, 0.29) is 0 Å². The Bertz CT molecular complexity index is 479. The van der Waals surface area contributed by atoms with Crippen LogP contribution in [0.5, 0.6) is 0 Å². The molecule has 1 N–H and O–H groups in total. The lowest BCUT2D eigenvalue weighted by Crippen LogP contribution is -2.22. The number of aryl methyl sites for hydroxylation is 1. The zero-order valence-electron chi connectivity index (χ0n) is 11.5. The third-order valence-electron chi connectivity index (χ3n) is 2.72. The van der Waals surface area contributed by atoms with Gasteiger partial charge in [-0.05, 0) is 18.2 Å². The summed E-state index contributed by atoms with van der Waals surface area (Å²) in [6.07, 6.45) is 2.06. The van der Waals surface area contributed by atoms with Crippen molar-refractivity contribution in [2.24, 2.45) is 0 Å². The van der Waals surface area contributed by atoms with Crippen LogP contribution in [0, 0.1) is 0 Å². The van der Waals surface area contributed by atoms with Crippen LogP contribution in [0.25, 0.3) is 0 Å². The van der Waals surface area contributed by atoms with Gasteiger partial charge in [0.05, 0.1) is 12.2 Å². The number of thioether (sulfide) groups is 1. The normalized spacial score (nSPS) is 11.1. The van der Waals surface area contributed by atoms with Crippen molar-refractivity contribution in [2.75, 3.05) is 5.75 Å². The summed E-state index contributed by atoms with van der Waals surface area (Å²) in [5, 5.41) is 7.93. The van der Waals surface area contributed by atoms with Crippen molar-refractivity contribution in [3.8, 4) is 0 Å². The zero-order valence-corrected chi connectivity index (χ0v) is 12.4. The molecule has 1 heterocycles. The maximum atomic E-state index is 4.55. The number of hydrogen-bond acceptors (Lipinski definition) is 3. The van der Waals surface area contributed by atoms with Crippen LogP contribution in [-0.4, -0.2) is 21.6 Å². The van der Waals surface area contributed by atoms with Crippen LogP contribution in [0.2, 0.25) is 0 Å². The van der Waals surface area contributed by atoms with Gasteiger partial charge < -0.3 is 5.32 Å². The van der Waals surface area contributed by atoms with E-state index in [0.29, 0.717) is 6.04 Å². The molecule has 0 amide bonds. The van der Waals surface area contributed by atoms with E-state index in [9.17, 15) is 0 Å². The molecule has 0 unspecified atom stereocenters. The lowest BCUT2D eigenvalue weighted by Gasteiger charge is -2.05. The molecule has 0 spiro atoms. The highest BCUT2D eigenvalue weighted by Gasteiger charge is 2.00. The molecule has 0 saturated heterocycles. The van der Waals surface area contributed by atoms with E-state index >= 15 is 0 Å². The van der Waals surface area contributed by atoms with E-state index in [1.165, 1.54) is 4.90 Å². The van der Waals surface area contributed by atoms with Crippen LogP contribution in [0.1, 0.15) is 19.5 Å². The van der Waals surface area contributed by atoms with Gasteiger partial charge in [0, 0.05) is 29.4 Å². The smallest absolute Gasteiger partial charge is 0.0762 e. The number of nitrogens with one attached hydrogen (secondary N) is 1. The molecule has 0 aliphatic rings. The van der Waals surface area contributed by atoms with Crippen molar-refractivity contribution < 1.29 is 0 Å². The van der Waals surface area contributed by atoms with E-state index in [1.807, 2.05) is 22.5 Å². The Morgan fingerprint density at radius 3 is 2.74 bits per heavy atom. The fourth-order valence-corrected chi connectivity index (χ4v) is 2.57. The first-order valence-electron chi connectivity index (χ1n) is 6.67. The van der Waals surface area contributed by atoms with Crippen LogP contribution in [0.3, 0.4) is 0 Å². The van der Waals surface area contributed by atoms with Gasteiger partial charge >= 0.3 is 0 Å². The Balaban J connectivity index is 1.74. The summed E-state index contributed by atoms with van der Waals surface area (Å²) in [4.78, 5) is 1.32. The maximum absolute atomic E-state index is 4.55. The first-order chi connectivity index (χ1) is 9.24. The highest BCUT2D eigenvalue weighted by atomic mass is 32.2. The van der Waals surface area contributed by atoms with E-state index in [2.05, 4.69) is 60.8 Å². The van der Waals surface area contributed by atoms with Crippen LogP contribution in [-0.2, 0) is 13.1 Å². The first kappa shape index (κ1) is 14.2. The predicted molar refractivity (Wildman–Crippen MR) is 81.4 cm³/mol. The molecule has 0 aliphatic heterocycles. The molecule has 0 atom stereocenters. The molecule has 3 nitrogen and oxygen atoms in total. The third kappa shape index (κ3) is 5.09. The summed E-state index contributed by atoms with van der Waals surface area (Å²) in [7, 11) is 0. The average molecular weight is 275 g/mol. The van der Waals surface area contributed by atoms with Crippen molar-refractivity contribution in [1.82, 2.24) is 15.1 Å². The fraction of sp³-hybridized carbons (Fsp3) is 0.400. The summed E-state index contributed by atoms with van der Waals surface area (Å²) >= 11 is 1.87. The van der Waals surface area contributed by atoms with Crippen molar-refractivity contribution in [3.63, 3.8) is 0 Å². The van der Waals surface area contributed by atoms with E-state index in [1.54, 1.807) is 0 Å². The predicted octanol–water partition coefficient (Wildman–Crippen LogP) is 3.17. The minimum absolute atomic E-state index is 0.499. The minimum Gasteiger partial charge on any atom is -0.309 e. The number of benzene rings is 1. The molecule has 2 aromatic rings. The second kappa shape index (κ2) is 7.36. The van der Waals surface area contributed by atoms with Gasteiger partial charge in [-0.15, -0.1) is 11.8 Å². The first-order valence-corrected chi connectivity index (χ1v) is 7.66. The van der Waals surface area contributed by atoms with Crippen molar-refractivity contribution in [1.29, 1.82) is 0 Å². The number of nitrogens with zero attached hydrogens (tertiary/aromatic N) is 2. The Morgan fingerprint density at radius 2 is 2.00 bits per heavy atom. The van der Waals surface area contributed by atoms with Gasteiger partial charge in [0.15, 0.2) is 0 Å². The molecular weight excluding hydrogens is 254 g/mol. The summed E-state index contributed by atoms with van der Waals surface area (Å²) in [6, 6.07) is 13.1. The quantitative estimate of drug-likeness (QED) is 0.787. The summed E-state index contributed by atoms with van der Waals surface area (Å²) in [6.45, 7) is 6.08. The summed E-state index contributed by atoms with van der Waals surface area (Å²) in [5.74, 6) is 1.04. The Hall–Kier alpha value is -1.26. The Morgan fingerprint density at radius 1 is 1.21 bits per heavy atom. The Labute approximate surface area is 119 Å². The third-order valence-corrected chi connectivity index (χ3v) is 3.71. The lowest BCUT2D eigenvalue weighted by molar-refractivity contribution is 0.568. The molecule has 0 fully saturated rings. The number of aromatic nitrogens is 2. The lowest BCUT2D eigenvalue weighted by atomic mass is 10.3. The highest BCUT2D eigenvalue weighted by Crippen LogP contribution is 2.16. The molecule has 0 saturated carbocycles. The maximum Gasteiger partial charge on any atom is 0.0762 e. The van der Waals surface area contributed by atoms with Crippen LogP contribution >= 0.6 is 11.8 Å². The molecule has 19 heavy (non-hydrogen) atoms.